The highest BCUT2D eigenvalue weighted by atomic mass is 16.2. The Morgan fingerprint density at radius 3 is 2.79 bits per heavy atom. The van der Waals surface area contributed by atoms with Crippen molar-refractivity contribution >= 4 is 16.8 Å². The monoisotopic (exact) mass is 393 g/mol. The van der Waals surface area contributed by atoms with Gasteiger partial charge in [-0.3, -0.25) is 4.79 Å². The summed E-state index contributed by atoms with van der Waals surface area (Å²) in [4.78, 5) is 19.3. The van der Waals surface area contributed by atoms with Crippen molar-refractivity contribution in [3.63, 3.8) is 0 Å². The average molecular weight is 394 g/mol. The minimum atomic E-state index is -0.104. The van der Waals surface area contributed by atoms with E-state index in [0.29, 0.717) is 17.9 Å². The predicted octanol–water partition coefficient (Wildman–Crippen LogP) is 4.60. The van der Waals surface area contributed by atoms with E-state index in [0.717, 1.165) is 19.4 Å². The minimum absolute atomic E-state index is 0.0693. The number of hydrogen-bond acceptors (Lipinski definition) is 2. The summed E-state index contributed by atoms with van der Waals surface area (Å²) in [5.74, 6) is 1.38. The van der Waals surface area contributed by atoms with E-state index in [2.05, 4.69) is 60.5 Å². The van der Waals surface area contributed by atoms with Crippen LogP contribution in [0.3, 0.4) is 0 Å². The SMILES string of the molecule is CN1CC(C(=O)NC(C)(C)C2CCCCC2)C[C@@H]2c3cccc4[nH]cc(c34)C[C@H]21. The van der Waals surface area contributed by atoms with Crippen molar-refractivity contribution in [1.29, 1.82) is 0 Å². The van der Waals surface area contributed by atoms with E-state index in [1.54, 1.807) is 0 Å². The lowest BCUT2D eigenvalue weighted by molar-refractivity contribution is -0.130. The van der Waals surface area contributed by atoms with E-state index in [4.69, 9.17) is 0 Å². The quantitative estimate of drug-likeness (QED) is 0.800. The van der Waals surface area contributed by atoms with Gasteiger partial charge in [0.25, 0.3) is 0 Å². The standard InChI is InChI=1S/C25H35N3O/c1-25(2,18-8-5-4-6-9-18)27-24(29)17-12-20-19-10-7-11-21-23(19)16(14-26-21)13-22(20)28(3)15-17/h7,10-11,14,17-18,20,22,26H,4-6,8-9,12-13,15H2,1-3H3,(H,27,29)/t17?,20-,22-/m1/s1. The van der Waals surface area contributed by atoms with Crippen molar-refractivity contribution in [3.8, 4) is 0 Å². The fourth-order valence-corrected chi connectivity index (χ4v) is 6.48. The molecule has 1 saturated carbocycles. The van der Waals surface area contributed by atoms with Gasteiger partial charge in [-0.2, -0.15) is 0 Å². The molecule has 1 unspecified atom stereocenters. The normalized spacial score (nSPS) is 28.3. The summed E-state index contributed by atoms with van der Waals surface area (Å²) in [6.07, 6.45) is 10.7. The summed E-state index contributed by atoms with van der Waals surface area (Å²) in [6, 6.07) is 7.12. The second-order valence-electron chi connectivity index (χ2n) is 10.4. The first-order chi connectivity index (χ1) is 13.9. The number of fused-ring (bicyclic) bond motifs is 2. The van der Waals surface area contributed by atoms with Crippen LogP contribution < -0.4 is 5.32 Å². The zero-order chi connectivity index (χ0) is 20.2. The number of likely N-dealkylation sites (tertiary alicyclic amines) is 1. The largest absolute Gasteiger partial charge is 0.361 e. The zero-order valence-electron chi connectivity index (χ0n) is 18.1. The van der Waals surface area contributed by atoms with Crippen molar-refractivity contribution in [2.24, 2.45) is 11.8 Å². The molecule has 1 saturated heterocycles. The second-order valence-corrected chi connectivity index (χ2v) is 10.4. The highest BCUT2D eigenvalue weighted by Crippen LogP contribution is 2.44. The van der Waals surface area contributed by atoms with Crippen LogP contribution in [0, 0.1) is 11.8 Å². The molecule has 1 aromatic heterocycles. The molecule has 3 aliphatic rings. The highest BCUT2D eigenvalue weighted by Gasteiger charge is 2.42. The molecule has 1 amide bonds. The second kappa shape index (κ2) is 7.16. The molecule has 0 spiro atoms. The Morgan fingerprint density at radius 2 is 2.00 bits per heavy atom. The Morgan fingerprint density at radius 1 is 1.21 bits per heavy atom. The average Bonchev–Trinajstić information content (AvgIpc) is 3.13. The number of nitrogens with one attached hydrogen (secondary N) is 2. The minimum Gasteiger partial charge on any atom is -0.361 e. The molecule has 29 heavy (non-hydrogen) atoms. The smallest absolute Gasteiger partial charge is 0.224 e. The fourth-order valence-electron chi connectivity index (χ4n) is 6.48. The van der Waals surface area contributed by atoms with Crippen LogP contribution >= 0.6 is 0 Å². The first-order valence-electron chi connectivity index (χ1n) is 11.5. The summed E-state index contributed by atoms with van der Waals surface area (Å²) in [5.41, 5.74) is 4.01. The zero-order valence-corrected chi connectivity index (χ0v) is 18.1. The first kappa shape index (κ1) is 19.2. The van der Waals surface area contributed by atoms with Crippen molar-refractivity contribution in [2.75, 3.05) is 13.6 Å². The van der Waals surface area contributed by atoms with Crippen LogP contribution in [0.4, 0.5) is 0 Å². The van der Waals surface area contributed by atoms with Crippen molar-refractivity contribution in [3.05, 3.63) is 35.5 Å². The third kappa shape index (κ3) is 3.30. The van der Waals surface area contributed by atoms with E-state index in [9.17, 15) is 4.79 Å². The number of rotatable bonds is 3. The van der Waals surface area contributed by atoms with Gasteiger partial charge in [0.2, 0.25) is 5.91 Å². The number of nitrogens with zero attached hydrogens (tertiary/aromatic N) is 1. The van der Waals surface area contributed by atoms with Crippen LogP contribution in [-0.2, 0) is 11.2 Å². The van der Waals surface area contributed by atoms with E-state index < -0.39 is 0 Å². The summed E-state index contributed by atoms with van der Waals surface area (Å²) < 4.78 is 0. The van der Waals surface area contributed by atoms with Crippen LogP contribution in [0.1, 0.15) is 69.4 Å². The van der Waals surface area contributed by atoms with E-state index in [1.165, 1.54) is 54.1 Å². The van der Waals surface area contributed by atoms with Gasteiger partial charge in [0.05, 0.1) is 5.92 Å². The number of hydrogen-bond donors (Lipinski definition) is 2. The number of aromatic amines is 1. The molecule has 2 aliphatic carbocycles. The van der Waals surface area contributed by atoms with Crippen LogP contribution in [0.5, 0.6) is 0 Å². The number of amides is 1. The summed E-state index contributed by atoms with van der Waals surface area (Å²) in [6.45, 7) is 5.34. The maximum atomic E-state index is 13.4. The molecule has 5 rings (SSSR count). The Balaban J connectivity index is 1.36. The van der Waals surface area contributed by atoms with Gasteiger partial charge in [0.1, 0.15) is 0 Å². The highest BCUT2D eigenvalue weighted by molar-refractivity contribution is 5.88. The number of likely N-dealkylation sites (N-methyl/N-ethyl adjacent to an activating group) is 1. The van der Waals surface area contributed by atoms with Gasteiger partial charge in [-0.05, 0) is 69.7 Å². The molecule has 2 fully saturated rings. The van der Waals surface area contributed by atoms with Gasteiger partial charge in [0, 0.05) is 41.1 Å². The summed E-state index contributed by atoms with van der Waals surface area (Å²) in [5, 5.41) is 4.89. The first-order valence-corrected chi connectivity index (χ1v) is 11.5. The summed E-state index contributed by atoms with van der Waals surface area (Å²) >= 11 is 0. The van der Waals surface area contributed by atoms with Crippen molar-refractivity contribution in [2.45, 2.75) is 76.3 Å². The molecule has 0 bridgehead atoms. The van der Waals surface area contributed by atoms with Crippen molar-refractivity contribution < 1.29 is 4.79 Å². The van der Waals surface area contributed by atoms with Gasteiger partial charge in [-0.15, -0.1) is 0 Å². The maximum absolute atomic E-state index is 13.4. The number of H-pyrrole nitrogens is 1. The van der Waals surface area contributed by atoms with E-state index >= 15 is 0 Å². The van der Waals surface area contributed by atoms with Gasteiger partial charge < -0.3 is 15.2 Å². The van der Waals surface area contributed by atoms with Gasteiger partial charge in [-0.25, -0.2) is 0 Å². The summed E-state index contributed by atoms with van der Waals surface area (Å²) in [7, 11) is 2.21. The molecule has 0 radical (unpaired) electrons. The van der Waals surface area contributed by atoms with Crippen LogP contribution in [0.2, 0.25) is 0 Å². The Hall–Kier alpha value is -1.81. The fraction of sp³-hybridized carbons (Fsp3) is 0.640. The molecule has 1 aliphatic heterocycles. The number of benzene rings is 1. The lowest BCUT2D eigenvalue weighted by atomic mass is 9.72. The van der Waals surface area contributed by atoms with E-state index in [1.807, 2.05) is 0 Å². The predicted molar refractivity (Wildman–Crippen MR) is 118 cm³/mol. The van der Waals surface area contributed by atoms with Gasteiger partial charge >= 0.3 is 0 Å². The number of aromatic nitrogens is 1. The Bertz CT molecular complexity index is 908. The third-order valence-electron chi connectivity index (χ3n) is 8.17. The van der Waals surface area contributed by atoms with E-state index in [-0.39, 0.29) is 17.4 Å². The maximum Gasteiger partial charge on any atom is 0.224 e. The topological polar surface area (TPSA) is 48.1 Å². The van der Waals surface area contributed by atoms with Crippen LogP contribution in [0.15, 0.2) is 24.4 Å². The molecular weight excluding hydrogens is 358 g/mol. The van der Waals surface area contributed by atoms with Crippen LogP contribution in [0.25, 0.3) is 10.9 Å². The molecule has 2 heterocycles. The molecule has 2 aromatic rings. The molecule has 1 aromatic carbocycles. The number of carbonyl (C=O) groups is 1. The molecule has 4 nitrogen and oxygen atoms in total. The molecule has 4 heteroatoms. The molecule has 156 valence electrons. The third-order valence-corrected chi connectivity index (χ3v) is 8.17. The van der Waals surface area contributed by atoms with Crippen LogP contribution in [-0.4, -0.2) is 41.0 Å². The molecule has 2 N–H and O–H groups in total. The van der Waals surface area contributed by atoms with Crippen molar-refractivity contribution in [1.82, 2.24) is 15.2 Å². The number of piperidine rings is 1. The lowest BCUT2D eigenvalue weighted by Crippen LogP contribution is -2.56. The lowest BCUT2D eigenvalue weighted by Gasteiger charge is -2.46. The van der Waals surface area contributed by atoms with Gasteiger partial charge in [-0.1, -0.05) is 31.4 Å². The van der Waals surface area contributed by atoms with Gasteiger partial charge in [0.15, 0.2) is 0 Å². The Kier molecular flexibility index (Phi) is 4.73. The molecule has 3 atom stereocenters. The Labute approximate surface area is 174 Å². The molecular formula is C25H35N3O. The number of carbonyl (C=O) groups excluding carboxylic acids is 1.